The summed E-state index contributed by atoms with van der Waals surface area (Å²) >= 11 is 0. The fourth-order valence-corrected chi connectivity index (χ4v) is 1.42. The third kappa shape index (κ3) is 4.92. The molecule has 0 bridgehead atoms. The lowest BCUT2D eigenvalue weighted by atomic mass is 10.2. The summed E-state index contributed by atoms with van der Waals surface area (Å²) in [5.41, 5.74) is 0.513. The number of carbonyl (C=O) groups excluding carboxylic acids is 1. The van der Waals surface area contributed by atoms with Crippen LogP contribution in [0.3, 0.4) is 0 Å². The molecule has 1 aromatic carbocycles. The summed E-state index contributed by atoms with van der Waals surface area (Å²) in [6.07, 6.45) is 0. The number of nitrogens with zero attached hydrogens (tertiary/aromatic N) is 1. The highest BCUT2D eigenvalue weighted by Crippen LogP contribution is 2.22. The Balaban J connectivity index is 2.48. The fourth-order valence-electron chi connectivity index (χ4n) is 1.42. The molecule has 1 aromatic rings. The second kappa shape index (κ2) is 7.32. The minimum atomic E-state index is -0.462. The van der Waals surface area contributed by atoms with E-state index in [9.17, 15) is 14.9 Å². The molecule has 0 aliphatic carbocycles. The van der Waals surface area contributed by atoms with Crippen LogP contribution >= 0.6 is 0 Å². The van der Waals surface area contributed by atoms with E-state index in [0.29, 0.717) is 24.5 Å². The maximum absolute atomic E-state index is 11.4. The van der Waals surface area contributed by atoms with Crippen molar-refractivity contribution in [3.05, 3.63) is 33.9 Å². The molecule has 7 heteroatoms. The van der Waals surface area contributed by atoms with E-state index >= 15 is 0 Å². The Labute approximate surface area is 110 Å². The zero-order chi connectivity index (χ0) is 14.3. The molecular formula is C12H16N2O5. The Hall–Kier alpha value is -2.15. The van der Waals surface area contributed by atoms with E-state index in [2.05, 4.69) is 5.32 Å². The lowest BCUT2D eigenvalue weighted by molar-refractivity contribution is -0.385. The molecule has 1 N–H and O–H groups in total. The van der Waals surface area contributed by atoms with Gasteiger partial charge in [0.15, 0.2) is 6.61 Å². The van der Waals surface area contributed by atoms with Gasteiger partial charge in [-0.25, -0.2) is 0 Å². The summed E-state index contributed by atoms with van der Waals surface area (Å²) in [6.45, 7) is 2.32. The maximum atomic E-state index is 11.4. The number of methoxy groups -OCH3 is 1. The molecule has 0 atom stereocenters. The van der Waals surface area contributed by atoms with Crippen molar-refractivity contribution < 1.29 is 19.2 Å². The first kappa shape index (κ1) is 14.9. The first-order chi connectivity index (χ1) is 9.04. The van der Waals surface area contributed by atoms with E-state index in [4.69, 9.17) is 9.47 Å². The van der Waals surface area contributed by atoms with Crippen LogP contribution < -0.4 is 10.1 Å². The number of nitrogens with one attached hydrogen (secondary N) is 1. The summed E-state index contributed by atoms with van der Waals surface area (Å²) in [4.78, 5) is 21.5. The molecule has 0 fully saturated rings. The molecule has 0 aromatic heterocycles. The first-order valence-corrected chi connectivity index (χ1v) is 5.68. The molecule has 0 aliphatic rings. The Morgan fingerprint density at radius 1 is 1.47 bits per heavy atom. The van der Waals surface area contributed by atoms with E-state index in [1.807, 2.05) is 0 Å². The van der Waals surface area contributed by atoms with Crippen LogP contribution in [-0.4, -0.2) is 37.7 Å². The molecule has 0 saturated heterocycles. The number of aryl methyl sites for hydroxylation is 1. The number of nitro groups is 1. The first-order valence-electron chi connectivity index (χ1n) is 5.68. The van der Waals surface area contributed by atoms with Crippen LogP contribution in [0.1, 0.15) is 5.56 Å². The monoisotopic (exact) mass is 268 g/mol. The highest BCUT2D eigenvalue weighted by molar-refractivity contribution is 5.77. The third-order valence-corrected chi connectivity index (χ3v) is 2.36. The van der Waals surface area contributed by atoms with Crippen LogP contribution in [0.2, 0.25) is 0 Å². The molecule has 19 heavy (non-hydrogen) atoms. The maximum Gasteiger partial charge on any atom is 0.272 e. The van der Waals surface area contributed by atoms with Crippen molar-refractivity contribution in [3.8, 4) is 5.75 Å². The van der Waals surface area contributed by atoms with Gasteiger partial charge in [-0.05, 0) is 19.1 Å². The molecular weight excluding hydrogens is 252 g/mol. The number of ether oxygens (including phenoxy) is 2. The van der Waals surface area contributed by atoms with Gasteiger partial charge in [0.2, 0.25) is 0 Å². The van der Waals surface area contributed by atoms with E-state index in [1.165, 1.54) is 18.2 Å². The van der Waals surface area contributed by atoms with E-state index < -0.39 is 4.92 Å². The number of nitro benzene ring substituents is 1. The molecule has 0 spiro atoms. The van der Waals surface area contributed by atoms with Crippen molar-refractivity contribution in [2.45, 2.75) is 6.92 Å². The van der Waals surface area contributed by atoms with Gasteiger partial charge < -0.3 is 14.8 Å². The van der Waals surface area contributed by atoms with Gasteiger partial charge in [-0.15, -0.1) is 0 Å². The van der Waals surface area contributed by atoms with Crippen molar-refractivity contribution in [1.82, 2.24) is 5.32 Å². The van der Waals surface area contributed by atoms with Crippen LogP contribution in [0.25, 0.3) is 0 Å². The second-order valence-corrected chi connectivity index (χ2v) is 3.84. The predicted molar refractivity (Wildman–Crippen MR) is 68.2 cm³/mol. The highest BCUT2D eigenvalue weighted by atomic mass is 16.6. The van der Waals surface area contributed by atoms with Gasteiger partial charge in [-0.3, -0.25) is 14.9 Å². The molecule has 0 unspecified atom stereocenters. The molecule has 0 saturated carbocycles. The number of benzene rings is 1. The molecule has 104 valence electrons. The molecule has 1 rings (SSSR count). The summed E-state index contributed by atoms with van der Waals surface area (Å²) in [6, 6.07) is 4.35. The van der Waals surface area contributed by atoms with Crippen LogP contribution in [0.5, 0.6) is 5.75 Å². The Kier molecular flexibility index (Phi) is 5.74. The van der Waals surface area contributed by atoms with Crippen molar-refractivity contribution in [2.75, 3.05) is 26.9 Å². The number of rotatable bonds is 7. The van der Waals surface area contributed by atoms with Crippen LogP contribution in [0.15, 0.2) is 18.2 Å². The van der Waals surface area contributed by atoms with Crippen LogP contribution in [0.4, 0.5) is 5.69 Å². The number of amides is 1. The number of hydrogen-bond acceptors (Lipinski definition) is 5. The van der Waals surface area contributed by atoms with Crippen molar-refractivity contribution in [3.63, 3.8) is 0 Å². The fraction of sp³-hybridized carbons (Fsp3) is 0.417. The summed E-state index contributed by atoms with van der Waals surface area (Å²) in [5, 5.41) is 13.2. The zero-order valence-corrected chi connectivity index (χ0v) is 10.8. The van der Waals surface area contributed by atoms with E-state index in [1.54, 1.807) is 14.0 Å². The molecule has 7 nitrogen and oxygen atoms in total. The average Bonchev–Trinajstić information content (AvgIpc) is 2.36. The molecule has 0 aliphatic heterocycles. The van der Waals surface area contributed by atoms with Gasteiger partial charge in [0.1, 0.15) is 5.75 Å². The van der Waals surface area contributed by atoms with Crippen LogP contribution in [-0.2, 0) is 9.53 Å². The SMILES string of the molecule is COCCNC(=O)COc1ccc([N+](=O)[O-])c(C)c1. The van der Waals surface area contributed by atoms with Crippen molar-refractivity contribution in [1.29, 1.82) is 0 Å². The second-order valence-electron chi connectivity index (χ2n) is 3.84. The predicted octanol–water partition coefficient (Wildman–Crippen LogP) is 1.04. The van der Waals surface area contributed by atoms with Gasteiger partial charge in [0, 0.05) is 25.3 Å². The Morgan fingerprint density at radius 3 is 2.79 bits per heavy atom. The van der Waals surface area contributed by atoms with E-state index in [-0.39, 0.29) is 18.2 Å². The van der Waals surface area contributed by atoms with Crippen molar-refractivity contribution in [2.24, 2.45) is 0 Å². The topological polar surface area (TPSA) is 90.7 Å². The normalized spacial score (nSPS) is 10.0. The van der Waals surface area contributed by atoms with Gasteiger partial charge in [-0.1, -0.05) is 0 Å². The summed E-state index contributed by atoms with van der Waals surface area (Å²) in [7, 11) is 1.54. The van der Waals surface area contributed by atoms with Gasteiger partial charge in [0.05, 0.1) is 11.5 Å². The average molecular weight is 268 g/mol. The lowest BCUT2D eigenvalue weighted by Crippen LogP contribution is -2.31. The zero-order valence-electron chi connectivity index (χ0n) is 10.8. The quantitative estimate of drug-likeness (QED) is 0.453. The Morgan fingerprint density at radius 2 is 2.21 bits per heavy atom. The minimum absolute atomic E-state index is 0.0249. The lowest BCUT2D eigenvalue weighted by Gasteiger charge is -2.07. The largest absolute Gasteiger partial charge is 0.484 e. The third-order valence-electron chi connectivity index (χ3n) is 2.36. The van der Waals surface area contributed by atoms with Crippen LogP contribution in [0, 0.1) is 17.0 Å². The van der Waals surface area contributed by atoms with Gasteiger partial charge in [0.25, 0.3) is 11.6 Å². The number of hydrogen-bond donors (Lipinski definition) is 1. The smallest absolute Gasteiger partial charge is 0.272 e. The standard InChI is InChI=1S/C12H16N2O5/c1-9-7-10(3-4-11(9)14(16)17)19-8-12(15)13-5-6-18-2/h3-4,7H,5-6,8H2,1-2H3,(H,13,15). The molecule has 1 amide bonds. The molecule has 0 heterocycles. The van der Waals surface area contributed by atoms with Crippen molar-refractivity contribution >= 4 is 11.6 Å². The number of carbonyl (C=O) groups is 1. The summed E-state index contributed by atoms with van der Waals surface area (Å²) in [5.74, 6) is 0.151. The minimum Gasteiger partial charge on any atom is -0.484 e. The van der Waals surface area contributed by atoms with Gasteiger partial charge >= 0.3 is 0 Å². The van der Waals surface area contributed by atoms with E-state index in [0.717, 1.165) is 0 Å². The van der Waals surface area contributed by atoms with Gasteiger partial charge in [-0.2, -0.15) is 0 Å². The Bertz CT molecular complexity index is 461. The summed E-state index contributed by atoms with van der Waals surface area (Å²) < 4.78 is 10.0. The highest BCUT2D eigenvalue weighted by Gasteiger charge is 2.11. The molecule has 0 radical (unpaired) electrons.